The van der Waals surface area contributed by atoms with E-state index in [2.05, 4.69) is 0 Å². The van der Waals surface area contributed by atoms with Gasteiger partial charge in [-0.1, -0.05) is 34.7 Å². The number of hydrogen-bond donors (Lipinski definition) is 0. The second-order valence-electron chi connectivity index (χ2n) is 3.13. The van der Waals surface area contributed by atoms with Gasteiger partial charge >= 0.3 is 0 Å². The predicted molar refractivity (Wildman–Crippen MR) is 64.7 cm³/mol. The minimum atomic E-state index is -0.0293. The molecule has 0 unspecified atom stereocenters. The molecule has 1 heterocycles. The summed E-state index contributed by atoms with van der Waals surface area (Å²) in [5.74, 6) is 0. The lowest BCUT2D eigenvalue weighted by Gasteiger charge is -2.01. The number of nitrogens with zero attached hydrogens (tertiary/aromatic N) is 1. The van der Waals surface area contributed by atoms with E-state index < -0.39 is 0 Å². The molecule has 0 aliphatic rings. The normalized spacial score (nSPS) is 10.6. The van der Waals surface area contributed by atoms with E-state index in [4.69, 9.17) is 23.2 Å². The van der Waals surface area contributed by atoms with Crippen molar-refractivity contribution < 1.29 is 0 Å². The van der Waals surface area contributed by atoms with Crippen LogP contribution in [0.5, 0.6) is 0 Å². The highest BCUT2D eigenvalue weighted by molar-refractivity contribution is 7.04. The van der Waals surface area contributed by atoms with E-state index in [-0.39, 0.29) is 5.56 Å². The molecular formula is C10H7Cl2NOS. The third-order valence-electron chi connectivity index (χ3n) is 1.94. The molecule has 0 N–H and O–H groups in total. The van der Waals surface area contributed by atoms with Gasteiger partial charge in [0.1, 0.15) is 0 Å². The van der Waals surface area contributed by atoms with Crippen LogP contribution in [-0.4, -0.2) is 3.96 Å². The standard InChI is InChI=1S/C10H7Cl2NOS/c1-6-5-15-13(10(6)14)9-3-7(11)2-8(12)4-9/h2-5H,1H3. The maximum Gasteiger partial charge on any atom is 0.268 e. The number of benzene rings is 1. The van der Waals surface area contributed by atoms with E-state index in [1.807, 2.05) is 0 Å². The molecule has 2 rings (SSSR count). The van der Waals surface area contributed by atoms with Gasteiger partial charge in [0, 0.05) is 21.0 Å². The molecule has 0 saturated carbocycles. The van der Waals surface area contributed by atoms with Crippen LogP contribution in [-0.2, 0) is 0 Å². The largest absolute Gasteiger partial charge is 0.268 e. The van der Waals surface area contributed by atoms with Crippen LogP contribution in [0.2, 0.25) is 10.0 Å². The van der Waals surface area contributed by atoms with Crippen molar-refractivity contribution in [2.24, 2.45) is 0 Å². The maximum atomic E-state index is 11.7. The summed E-state index contributed by atoms with van der Waals surface area (Å²) in [4.78, 5) is 11.7. The number of halogens is 2. The van der Waals surface area contributed by atoms with Crippen LogP contribution in [0, 0.1) is 6.92 Å². The molecule has 0 aliphatic heterocycles. The summed E-state index contributed by atoms with van der Waals surface area (Å²) in [5, 5.41) is 2.85. The first-order valence-electron chi connectivity index (χ1n) is 4.22. The quantitative estimate of drug-likeness (QED) is 0.769. The predicted octanol–water partition coefficient (Wildman–Crippen LogP) is 3.51. The van der Waals surface area contributed by atoms with Crippen molar-refractivity contribution in [3.63, 3.8) is 0 Å². The first-order valence-corrected chi connectivity index (χ1v) is 5.81. The summed E-state index contributed by atoms with van der Waals surface area (Å²) in [7, 11) is 0. The van der Waals surface area contributed by atoms with Crippen LogP contribution in [0.25, 0.3) is 5.69 Å². The zero-order valence-electron chi connectivity index (χ0n) is 7.83. The molecule has 2 nitrogen and oxygen atoms in total. The maximum absolute atomic E-state index is 11.7. The Morgan fingerprint density at radius 3 is 2.27 bits per heavy atom. The fraction of sp³-hybridized carbons (Fsp3) is 0.100. The Hall–Kier alpha value is -0.770. The van der Waals surface area contributed by atoms with Crippen molar-refractivity contribution in [2.45, 2.75) is 6.92 Å². The van der Waals surface area contributed by atoms with Crippen LogP contribution in [0.3, 0.4) is 0 Å². The monoisotopic (exact) mass is 259 g/mol. The summed E-state index contributed by atoms with van der Waals surface area (Å²) in [6.07, 6.45) is 0. The molecule has 5 heteroatoms. The van der Waals surface area contributed by atoms with E-state index in [0.717, 1.165) is 5.56 Å². The first-order chi connectivity index (χ1) is 7.08. The number of aromatic nitrogens is 1. The van der Waals surface area contributed by atoms with Crippen LogP contribution in [0.15, 0.2) is 28.4 Å². The molecule has 0 fully saturated rings. The summed E-state index contributed by atoms with van der Waals surface area (Å²) < 4.78 is 1.56. The van der Waals surface area contributed by atoms with Gasteiger partial charge in [0.2, 0.25) is 0 Å². The number of hydrogen-bond acceptors (Lipinski definition) is 2. The lowest BCUT2D eigenvalue weighted by Crippen LogP contribution is -2.12. The lowest BCUT2D eigenvalue weighted by molar-refractivity contribution is 1.11. The van der Waals surface area contributed by atoms with Crippen molar-refractivity contribution in [3.8, 4) is 5.69 Å². The minimum absolute atomic E-state index is 0.0293. The smallest absolute Gasteiger partial charge is 0.268 e. The van der Waals surface area contributed by atoms with Crippen LogP contribution < -0.4 is 5.56 Å². The topological polar surface area (TPSA) is 22.0 Å². The Morgan fingerprint density at radius 1 is 1.20 bits per heavy atom. The van der Waals surface area contributed by atoms with Crippen LogP contribution in [0.4, 0.5) is 0 Å². The first kappa shape index (κ1) is 10.7. The molecule has 0 aliphatic carbocycles. The molecule has 0 amide bonds. The summed E-state index contributed by atoms with van der Waals surface area (Å²) in [6, 6.07) is 5.06. The van der Waals surface area contributed by atoms with Crippen LogP contribution >= 0.6 is 34.7 Å². The van der Waals surface area contributed by atoms with Gasteiger partial charge in [-0.15, -0.1) is 0 Å². The van der Waals surface area contributed by atoms with Gasteiger partial charge < -0.3 is 0 Å². The SMILES string of the molecule is Cc1csn(-c2cc(Cl)cc(Cl)c2)c1=O. The average Bonchev–Trinajstić information content (AvgIpc) is 2.46. The molecule has 0 atom stereocenters. The van der Waals surface area contributed by atoms with E-state index in [0.29, 0.717) is 15.7 Å². The van der Waals surface area contributed by atoms with Crippen molar-refractivity contribution in [2.75, 3.05) is 0 Å². The van der Waals surface area contributed by atoms with Gasteiger partial charge in [-0.2, -0.15) is 0 Å². The van der Waals surface area contributed by atoms with E-state index >= 15 is 0 Å². The highest BCUT2D eigenvalue weighted by atomic mass is 35.5. The van der Waals surface area contributed by atoms with E-state index in [1.165, 1.54) is 11.5 Å². The third-order valence-corrected chi connectivity index (χ3v) is 3.42. The molecule has 15 heavy (non-hydrogen) atoms. The summed E-state index contributed by atoms with van der Waals surface area (Å²) in [6.45, 7) is 1.78. The Balaban J connectivity index is 2.64. The highest BCUT2D eigenvalue weighted by Gasteiger charge is 2.06. The second-order valence-corrected chi connectivity index (χ2v) is 4.82. The summed E-state index contributed by atoms with van der Waals surface area (Å²) >= 11 is 13.1. The highest BCUT2D eigenvalue weighted by Crippen LogP contribution is 2.22. The van der Waals surface area contributed by atoms with Crippen molar-refractivity contribution >= 4 is 34.7 Å². The molecule has 0 spiro atoms. The van der Waals surface area contributed by atoms with Gasteiger partial charge in [0.05, 0.1) is 5.69 Å². The van der Waals surface area contributed by atoms with Crippen molar-refractivity contribution in [3.05, 3.63) is 49.5 Å². The minimum Gasteiger partial charge on any atom is -0.268 e. The second kappa shape index (κ2) is 4.00. The van der Waals surface area contributed by atoms with Gasteiger partial charge in [-0.05, 0) is 25.1 Å². The zero-order chi connectivity index (χ0) is 11.0. The van der Waals surface area contributed by atoms with Crippen molar-refractivity contribution in [1.82, 2.24) is 3.96 Å². The molecule has 78 valence electrons. The fourth-order valence-corrected chi connectivity index (χ4v) is 2.57. The molecule has 1 aromatic carbocycles. The molecule has 0 bridgehead atoms. The van der Waals surface area contributed by atoms with E-state index in [1.54, 1.807) is 34.5 Å². The Labute approximate surface area is 101 Å². The average molecular weight is 260 g/mol. The summed E-state index contributed by atoms with van der Waals surface area (Å²) in [5.41, 5.74) is 1.39. The molecule has 1 aromatic heterocycles. The third kappa shape index (κ3) is 2.09. The molecule has 0 radical (unpaired) electrons. The number of aryl methyl sites for hydroxylation is 1. The van der Waals surface area contributed by atoms with Gasteiger partial charge in [0.25, 0.3) is 5.56 Å². The lowest BCUT2D eigenvalue weighted by atomic mass is 10.3. The van der Waals surface area contributed by atoms with Gasteiger partial charge in [-0.3, -0.25) is 4.79 Å². The van der Waals surface area contributed by atoms with Crippen molar-refractivity contribution in [1.29, 1.82) is 0 Å². The molecule has 0 saturated heterocycles. The number of rotatable bonds is 1. The molecule has 2 aromatic rings. The zero-order valence-corrected chi connectivity index (χ0v) is 10.2. The fourth-order valence-electron chi connectivity index (χ4n) is 1.22. The van der Waals surface area contributed by atoms with E-state index in [9.17, 15) is 4.79 Å². The Bertz CT molecular complexity index is 539. The van der Waals surface area contributed by atoms with Crippen LogP contribution in [0.1, 0.15) is 5.56 Å². The van der Waals surface area contributed by atoms with Gasteiger partial charge in [0.15, 0.2) is 0 Å². The molecular weight excluding hydrogens is 253 g/mol. The van der Waals surface area contributed by atoms with Gasteiger partial charge in [-0.25, -0.2) is 3.96 Å². The Morgan fingerprint density at radius 2 is 1.80 bits per heavy atom. The Kier molecular flexibility index (Phi) is 2.87.